The summed E-state index contributed by atoms with van der Waals surface area (Å²) < 4.78 is 1.83. The minimum absolute atomic E-state index is 0.120. The molecule has 1 N–H and O–H groups in total. The number of aromatic nitrogens is 3. The molecule has 0 saturated heterocycles. The maximum atomic E-state index is 12.0. The molecule has 3 aromatic rings. The van der Waals surface area contributed by atoms with Crippen LogP contribution in [-0.2, 0) is 6.54 Å². The Balaban J connectivity index is 2.06. The predicted molar refractivity (Wildman–Crippen MR) is 85.9 cm³/mol. The summed E-state index contributed by atoms with van der Waals surface area (Å²) in [4.78, 5) is 16.6. The highest BCUT2D eigenvalue weighted by atomic mass is 16.1. The zero-order valence-corrected chi connectivity index (χ0v) is 12.9. The second kappa shape index (κ2) is 5.60. The molecule has 0 unspecified atom stereocenters. The normalized spacial score (nSPS) is 10.9. The Morgan fingerprint density at radius 2 is 1.95 bits per heavy atom. The molecule has 0 bridgehead atoms. The summed E-state index contributed by atoms with van der Waals surface area (Å²) in [7, 11) is 1.63. The van der Waals surface area contributed by atoms with Crippen LogP contribution in [0.2, 0.25) is 0 Å². The fourth-order valence-corrected chi connectivity index (χ4v) is 2.48. The van der Waals surface area contributed by atoms with E-state index >= 15 is 0 Å². The molecule has 22 heavy (non-hydrogen) atoms. The number of hydrogen-bond acceptors (Lipinski definition) is 3. The lowest BCUT2D eigenvalue weighted by Crippen LogP contribution is -2.18. The van der Waals surface area contributed by atoms with Crippen LogP contribution in [0.25, 0.3) is 11.0 Å². The van der Waals surface area contributed by atoms with Crippen molar-refractivity contribution in [1.29, 1.82) is 0 Å². The summed E-state index contributed by atoms with van der Waals surface area (Å²) in [5, 5.41) is 7.84. The topological polar surface area (TPSA) is 59.8 Å². The zero-order chi connectivity index (χ0) is 15.7. The number of hydrogen-bond donors (Lipinski definition) is 1. The van der Waals surface area contributed by atoms with Gasteiger partial charge in [0.25, 0.3) is 5.91 Å². The molecule has 1 aromatic carbocycles. The average Bonchev–Trinajstić information content (AvgIpc) is 2.91. The van der Waals surface area contributed by atoms with Crippen molar-refractivity contribution in [3.8, 4) is 0 Å². The monoisotopic (exact) mass is 294 g/mol. The van der Waals surface area contributed by atoms with E-state index in [-0.39, 0.29) is 5.91 Å². The zero-order valence-electron chi connectivity index (χ0n) is 12.9. The van der Waals surface area contributed by atoms with Gasteiger partial charge in [0.1, 0.15) is 0 Å². The van der Waals surface area contributed by atoms with Crippen LogP contribution >= 0.6 is 0 Å². The van der Waals surface area contributed by atoms with Gasteiger partial charge >= 0.3 is 0 Å². The van der Waals surface area contributed by atoms with Gasteiger partial charge in [0, 0.05) is 12.7 Å². The van der Waals surface area contributed by atoms with Crippen LogP contribution in [0.1, 0.15) is 27.2 Å². The summed E-state index contributed by atoms with van der Waals surface area (Å²) in [6, 6.07) is 10.1. The highest BCUT2D eigenvalue weighted by Crippen LogP contribution is 2.19. The van der Waals surface area contributed by atoms with E-state index in [2.05, 4.69) is 46.6 Å². The van der Waals surface area contributed by atoms with E-state index in [1.165, 1.54) is 5.56 Å². The number of rotatable bonds is 3. The average molecular weight is 294 g/mol. The molecule has 3 rings (SSSR count). The van der Waals surface area contributed by atoms with Crippen molar-refractivity contribution in [1.82, 2.24) is 20.1 Å². The van der Waals surface area contributed by atoms with Crippen LogP contribution in [0.4, 0.5) is 0 Å². The molecule has 0 spiro atoms. The number of benzene rings is 1. The minimum Gasteiger partial charge on any atom is -0.355 e. The molecule has 0 aliphatic carbocycles. The molecule has 0 aliphatic heterocycles. The fraction of sp³-hybridized carbons (Fsp3) is 0.235. The molecule has 0 radical (unpaired) electrons. The molecule has 0 saturated carbocycles. The van der Waals surface area contributed by atoms with Gasteiger partial charge in [-0.05, 0) is 25.5 Å². The van der Waals surface area contributed by atoms with Gasteiger partial charge in [-0.2, -0.15) is 5.10 Å². The maximum Gasteiger partial charge on any atom is 0.251 e. The summed E-state index contributed by atoms with van der Waals surface area (Å²) in [5.41, 5.74) is 4.53. The quantitative estimate of drug-likeness (QED) is 0.807. The number of carbonyl (C=O) groups is 1. The van der Waals surface area contributed by atoms with Gasteiger partial charge in [-0.15, -0.1) is 0 Å². The Bertz CT molecular complexity index is 834. The molecule has 0 aliphatic rings. The number of carbonyl (C=O) groups excluding carboxylic acids is 1. The second-order valence-corrected chi connectivity index (χ2v) is 5.42. The molecule has 1 amide bonds. The summed E-state index contributed by atoms with van der Waals surface area (Å²) in [5.74, 6) is -0.120. The summed E-state index contributed by atoms with van der Waals surface area (Å²) >= 11 is 0. The van der Waals surface area contributed by atoms with Gasteiger partial charge in [-0.25, -0.2) is 9.67 Å². The highest BCUT2D eigenvalue weighted by Gasteiger charge is 2.14. The first kappa shape index (κ1) is 14.3. The summed E-state index contributed by atoms with van der Waals surface area (Å²) in [6.45, 7) is 4.58. The largest absolute Gasteiger partial charge is 0.355 e. The number of aryl methyl sites for hydroxylation is 2. The van der Waals surface area contributed by atoms with Gasteiger partial charge in [0.05, 0.1) is 23.7 Å². The van der Waals surface area contributed by atoms with Crippen LogP contribution < -0.4 is 5.32 Å². The molecule has 5 heteroatoms. The van der Waals surface area contributed by atoms with Gasteiger partial charge in [-0.1, -0.05) is 29.8 Å². The van der Waals surface area contributed by atoms with Crippen molar-refractivity contribution in [2.45, 2.75) is 20.4 Å². The van der Waals surface area contributed by atoms with Crippen LogP contribution in [-0.4, -0.2) is 27.7 Å². The van der Waals surface area contributed by atoms with Crippen LogP contribution in [0.5, 0.6) is 0 Å². The van der Waals surface area contributed by atoms with E-state index in [9.17, 15) is 4.79 Å². The second-order valence-electron chi connectivity index (χ2n) is 5.42. The van der Waals surface area contributed by atoms with Gasteiger partial charge in [-0.3, -0.25) is 4.79 Å². The highest BCUT2D eigenvalue weighted by molar-refractivity contribution is 6.05. The molecule has 0 fully saturated rings. The van der Waals surface area contributed by atoms with Crippen LogP contribution in [0.15, 0.2) is 36.5 Å². The van der Waals surface area contributed by atoms with Crippen molar-refractivity contribution in [2.24, 2.45) is 0 Å². The lowest BCUT2D eigenvalue weighted by Gasteiger charge is -2.06. The molecule has 0 atom stereocenters. The predicted octanol–water partition coefficient (Wildman–Crippen LogP) is 2.46. The molecule has 5 nitrogen and oxygen atoms in total. The first-order chi connectivity index (χ1) is 10.6. The maximum absolute atomic E-state index is 12.0. The number of nitrogens with one attached hydrogen (secondary N) is 1. The van der Waals surface area contributed by atoms with Gasteiger partial charge < -0.3 is 5.32 Å². The molecule has 2 heterocycles. The van der Waals surface area contributed by atoms with Crippen LogP contribution in [0, 0.1) is 13.8 Å². The Kier molecular flexibility index (Phi) is 3.63. The Labute approximate surface area is 129 Å². The first-order valence-corrected chi connectivity index (χ1v) is 7.19. The van der Waals surface area contributed by atoms with E-state index in [1.807, 2.05) is 11.6 Å². The number of amides is 1. The Morgan fingerprint density at radius 1 is 1.23 bits per heavy atom. The number of nitrogens with zero attached hydrogens (tertiary/aromatic N) is 3. The summed E-state index contributed by atoms with van der Waals surface area (Å²) in [6.07, 6.45) is 1.71. The van der Waals surface area contributed by atoms with Gasteiger partial charge in [0.2, 0.25) is 0 Å². The Morgan fingerprint density at radius 3 is 2.64 bits per heavy atom. The van der Waals surface area contributed by atoms with Crippen molar-refractivity contribution >= 4 is 16.9 Å². The van der Waals surface area contributed by atoms with E-state index in [1.54, 1.807) is 19.3 Å². The molecule has 112 valence electrons. The smallest absolute Gasteiger partial charge is 0.251 e. The van der Waals surface area contributed by atoms with Crippen LogP contribution in [0.3, 0.4) is 0 Å². The Hall–Kier alpha value is -2.69. The van der Waals surface area contributed by atoms with Crippen molar-refractivity contribution in [3.05, 3.63) is 58.9 Å². The first-order valence-electron chi connectivity index (χ1n) is 7.19. The van der Waals surface area contributed by atoms with Crippen molar-refractivity contribution in [3.63, 3.8) is 0 Å². The third-order valence-corrected chi connectivity index (χ3v) is 3.66. The third kappa shape index (κ3) is 2.57. The van der Waals surface area contributed by atoms with E-state index in [4.69, 9.17) is 0 Å². The van der Waals surface area contributed by atoms with E-state index < -0.39 is 0 Å². The lowest BCUT2D eigenvalue weighted by molar-refractivity contribution is 0.0964. The molecule has 2 aromatic heterocycles. The number of pyridine rings is 1. The SMILES string of the molecule is CNC(=O)c1cc(C)nc2c1cnn2Cc1ccc(C)cc1. The van der Waals surface area contributed by atoms with E-state index in [0.29, 0.717) is 12.1 Å². The van der Waals surface area contributed by atoms with Crippen molar-refractivity contribution in [2.75, 3.05) is 7.05 Å². The molecular formula is C17H18N4O. The molecular weight excluding hydrogens is 276 g/mol. The third-order valence-electron chi connectivity index (χ3n) is 3.66. The lowest BCUT2D eigenvalue weighted by atomic mass is 10.1. The fourth-order valence-electron chi connectivity index (χ4n) is 2.48. The number of fused-ring (bicyclic) bond motifs is 1. The van der Waals surface area contributed by atoms with Crippen molar-refractivity contribution < 1.29 is 4.79 Å². The van der Waals surface area contributed by atoms with E-state index in [0.717, 1.165) is 22.3 Å². The standard InChI is InChI=1S/C17H18N4O/c1-11-4-6-13(7-5-11)10-21-16-15(9-19-21)14(17(22)18-3)8-12(2)20-16/h4-9H,10H2,1-3H3,(H,18,22). The van der Waals surface area contributed by atoms with Gasteiger partial charge in [0.15, 0.2) is 5.65 Å². The minimum atomic E-state index is -0.120.